The number of anilines is 1. The lowest BCUT2D eigenvalue weighted by molar-refractivity contribution is -0.138. The molecule has 2 amide bonds. The summed E-state index contributed by atoms with van der Waals surface area (Å²) in [5.74, 6) is -0.242. The number of nitrogens with zero attached hydrogens (tertiary/aromatic N) is 5. The Balaban J connectivity index is 0.00000230. The van der Waals surface area contributed by atoms with Crippen LogP contribution in [-0.2, 0) is 35.5 Å². The molecule has 0 saturated carbocycles. The van der Waals surface area contributed by atoms with Crippen LogP contribution < -0.4 is 15.5 Å². The summed E-state index contributed by atoms with van der Waals surface area (Å²) in [6.07, 6.45) is 4.19. The molecule has 1 fully saturated rings. The first-order valence-corrected chi connectivity index (χ1v) is 15.1. The van der Waals surface area contributed by atoms with Gasteiger partial charge < -0.3 is 15.1 Å². The van der Waals surface area contributed by atoms with Crippen LogP contribution in [0.5, 0.6) is 0 Å². The van der Waals surface area contributed by atoms with Crippen molar-refractivity contribution in [2.24, 2.45) is 0 Å². The van der Waals surface area contributed by atoms with Gasteiger partial charge in [0.15, 0.2) is 0 Å². The third kappa shape index (κ3) is 7.97. The van der Waals surface area contributed by atoms with Crippen molar-refractivity contribution in [3.8, 4) is 0 Å². The largest absolute Gasteiger partial charge is 0.368 e. The molecule has 1 aromatic heterocycles. The van der Waals surface area contributed by atoms with Gasteiger partial charge >= 0.3 is 0 Å². The summed E-state index contributed by atoms with van der Waals surface area (Å²) in [4.78, 5) is 36.1. The van der Waals surface area contributed by atoms with Crippen molar-refractivity contribution in [3.05, 3.63) is 113 Å². The van der Waals surface area contributed by atoms with E-state index in [4.69, 9.17) is 11.6 Å². The summed E-state index contributed by atoms with van der Waals surface area (Å²) < 4.78 is 1.81. The number of carbonyl (C=O) groups is 2. The number of rotatable bonds is 8. The number of aromatic nitrogens is 3. The minimum Gasteiger partial charge on any atom is -0.368 e. The van der Waals surface area contributed by atoms with E-state index in [0.29, 0.717) is 57.1 Å². The van der Waals surface area contributed by atoms with Crippen molar-refractivity contribution in [2.75, 3.05) is 31.1 Å². The highest BCUT2D eigenvalue weighted by molar-refractivity contribution is 6.30. The Hall–Kier alpha value is -3.63. The molecule has 0 radical (unpaired) electrons. The van der Waals surface area contributed by atoms with Gasteiger partial charge in [-0.3, -0.25) is 14.9 Å². The highest BCUT2D eigenvalue weighted by atomic mass is 35.5. The molecule has 2 aliphatic rings. The van der Waals surface area contributed by atoms with Gasteiger partial charge in [-0.15, -0.1) is 24.8 Å². The van der Waals surface area contributed by atoms with Gasteiger partial charge in [0.25, 0.3) is 0 Å². The van der Waals surface area contributed by atoms with E-state index < -0.39 is 11.6 Å². The van der Waals surface area contributed by atoms with Crippen LogP contribution in [0, 0.1) is 0 Å². The Kier molecular flexibility index (Phi) is 11.5. The molecule has 2 atom stereocenters. The maximum atomic E-state index is 14.0. The summed E-state index contributed by atoms with van der Waals surface area (Å²) in [7, 11) is 0. The molecule has 0 spiro atoms. The molecule has 1 unspecified atom stereocenters. The number of halogens is 3. The SMILES string of the molecule is CC1(C(=O)N[C@H](Cc2ccc(Cl)cc2)C(=O)N2CCN(c3ccccc3Cn3cncn3)CC2)Cc2ccccc2CN1.Cl.Cl. The average Bonchev–Trinajstić information content (AvgIpc) is 3.55. The molecule has 3 aromatic carbocycles. The summed E-state index contributed by atoms with van der Waals surface area (Å²) >= 11 is 6.13. The predicted molar refractivity (Wildman–Crippen MR) is 181 cm³/mol. The number of amides is 2. The Bertz CT molecular complexity index is 1580. The van der Waals surface area contributed by atoms with Crippen LogP contribution >= 0.6 is 36.4 Å². The van der Waals surface area contributed by atoms with E-state index in [1.807, 2.05) is 65.0 Å². The van der Waals surface area contributed by atoms with Crippen molar-refractivity contribution < 1.29 is 9.59 Å². The van der Waals surface area contributed by atoms with Gasteiger partial charge in [-0.1, -0.05) is 66.2 Å². The highest BCUT2D eigenvalue weighted by Crippen LogP contribution is 2.25. The topological polar surface area (TPSA) is 95.4 Å². The molecule has 9 nitrogen and oxygen atoms in total. The fraction of sp³-hybridized carbons (Fsp3) is 0.333. The summed E-state index contributed by atoms with van der Waals surface area (Å²) in [6.45, 7) is 5.66. The van der Waals surface area contributed by atoms with Gasteiger partial charge in [-0.25, -0.2) is 9.67 Å². The van der Waals surface area contributed by atoms with E-state index in [1.54, 1.807) is 6.33 Å². The molecule has 4 aromatic rings. The predicted octanol–water partition coefficient (Wildman–Crippen LogP) is 4.30. The van der Waals surface area contributed by atoms with Crippen LogP contribution in [0.4, 0.5) is 5.69 Å². The van der Waals surface area contributed by atoms with Gasteiger partial charge in [0, 0.05) is 49.9 Å². The average molecular weight is 671 g/mol. The standard InChI is InChI=1S/C33H36ClN7O2.2ClH/c1-33(19-25-6-2-3-7-26(25)20-36-33)32(43)38-29(18-24-10-12-28(34)13-11-24)31(42)40-16-14-39(15-17-40)30-9-5-4-8-27(30)21-41-23-35-22-37-41;;/h2-13,22-23,29,36H,14-21H2,1H3,(H,38,43);2*1H/t29-,33?;;/m1../s1. The van der Waals surface area contributed by atoms with Gasteiger partial charge in [0.2, 0.25) is 11.8 Å². The number of fused-ring (bicyclic) bond motifs is 1. The first-order valence-electron chi connectivity index (χ1n) is 14.7. The van der Waals surface area contributed by atoms with Crippen molar-refractivity contribution in [1.29, 1.82) is 0 Å². The molecule has 238 valence electrons. The minimum absolute atomic E-state index is 0. The Morgan fingerprint density at radius 2 is 1.64 bits per heavy atom. The zero-order valence-electron chi connectivity index (χ0n) is 25.1. The second-order valence-electron chi connectivity index (χ2n) is 11.5. The van der Waals surface area contributed by atoms with Crippen LogP contribution in [0.25, 0.3) is 0 Å². The maximum absolute atomic E-state index is 14.0. The number of nitrogens with one attached hydrogen (secondary N) is 2. The number of piperazine rings is 1. The van der Waals surface area contributed by atoms with Crippen molar-refractivity contribution in [1.82, 2.24) is 30.3 Å². The van der Waals surface area contributed by atoms with Gasteiger partial charge in [-0.05, 0) is 53.8 Å². The van der Waals surface area contributed by atoms with Crippen LogP contribution in [0.1, 0.15) is 29.2 Å². The third-order valence-electron chi connectivity index (χ3n) is 8.51. The first-order chi connectivity index (χ1) is 20.9. The molecule has 0 aliphatic carbocycles. The van der Waals surface area contributed by atoms with Gasteiger partial charge in [0.1, 0.15) is 18.7 Å². The molecule has 12 heteroatoms. The number of carbonyl (C=O) groups excluding carboxylic acids is 2. The van der Waals surface area contributed by atoms with E-state index in [2.05, 4.69) is 49.9 Å². The summed E-state index contributed by atoms with van der Waals surface area (Å²) in [6, 6.07) is 23.2. The molecule has 45 heavy (non-hydrogen) atoms. The van der Waals surface area contributed by atoms with E-state index in [1.165, 1.54) is 11.9 Å². The second kappa shape index (κ2) is 15.1. The fourth-order valence-corrected chi connectivity index (χ4v) is 6.13. The Morgan fingerprint density at radius 3 is 2.36 bits per heavy atom. The van der Waals surface area contributed by atoms with Crippen molar-refractivity contribution in [3.63, 3.8) is 0 Å². The first kappa shape index (κ1) is 34.2. The second-order valence-corrected chi connectivity index (χ2v) is 12.0. The quantitative estimate of drug-likeness (QED) is 0.290. The monoisotopic (exact) mass is 669 g/mol. The molecule has 0 bridgehead atoms. The summed E-state index contributed by atoms with van der Waals surface area (Å²) in [5, 5.41) is 11.4. The van der Waals surface area contributed by atoms with E-state index in [9.17, 15) is 9.59 Å². The molecule has 2 aliphatic heterocycles. The maximum Gasteiger partial charge on any atom is 0.245 e. The lowest BCUT2D eigenvalue weighted by atomic mass is 9.85. The Morgan fingerprint density at radius 1 is 0.956 bits per heavy atom. The van der Waals surface area contributed by atoms with E-state index in [0.717, 1.165) is 22.4 Å². The van der Waals surface area contributed by atoms with Crippen LogP contribution in [0.15, 0.2) is 85.5 Å². The fourth-order valence-electron chi connectivity index (χ4n) is 6.00. The normalized spacial score (nSPS) is 18.2. The van der Waals surface area contributed by atoms with Crippen LogP contribution in [-0.4, -0.2) is 69.2 Å². The number of hydrogen-bond acceptors (Lipinski definition) is 6. The van der Waals surface area contributed by atoms with Gasteiger partial charge in [0.05, 0.1) is 12.1 Å². The smallest absolute Gasteiger partial charge is 0.245 e. The molecule has 2 N–H and O–H groups in total. The number of hydrogen-bond donors (Lipinski definition) is 2. The van der Waals surface area contributed by atoms with Crippen molar-refractivity contribution >= 4 is 53.9 Å². The third-order valence-corrected chi connectivity index (χ3v) is 8.76. The zero-order valence-corrected chi connectivity index (χ0v) is 27.5. The molecule has 6 rings (SSSR count). The molecule has 3 heterocycles. The molecular formula is C33H38Cl3N7O2. The minimum atomic E-state index is -0.820. The van der Waals surface area contributed by atoms with Crippen LogP contribution in [0.3, 0.4) is 0 Å². The van der Waals surface area contributed by atoms with Crippen molar-refractivity contribution in [2.45, 2.75) is 44.4 Å². The zero-order chi connectivity index (χ0) is 29.8. The van der Waals surface area contributed by atoms with Gasteiger partial charge in [-0.2, -0.15) is 5.10 Å². The molecule has 1 saturated heterocycles. The van der Waals surface area contributed by atoms with Crippen LogP contribution in [0.2, 0.25) is 5.02 Å². The molecular weight excluding hydrogens is 633 g/mol. The van der Waals surface area contributed by atoms with E-state index in [-0.39, 0.29) is 36.6 Å². The number of benzene rings is 3. The highest BCUT2D eigenvalue weighted by Gasteiger charge is 2.39. The summed E-state index contributed by atoms with van der Waals surface area (Å²) in [5.41, 5.74) is 4.75. The Labute approximate surface area is 281 Å². The van der Waals surface area contributed by atoms with E-state index >= 15 is 0 Å². The number of para-hydroxylation sites is 1. The lowest BCUT2D eigenvalue weighted by Gasteiger charge is -2.39. The lowest BCUT2D eigenvalue weighted by Crippen LogP contribution is -2.62.